The van der Waals surface area contributed by atoms with Crippen molar-refractivity contribution in [3.63, 3.8) is 0 Å². The quantitative estimate of drug-likeness (QED) is 0.748. The van der Waals surface area contributed by atoms with Gasteiger partial charge in [0.1, 0.15) is 5.76 Å². The summed E-state index contributed by atoms with van der Waals surface area (Å²) in [5.41, 5.74) is 0.382. The summed E-state index contributed by atoms with van der Waals surface area (Å²) in [4.78, 5) is 2.62. The second-order valence-corrected chi connectivity index (χ2v) is 6.52. The molecule has 1 aromatic heterocycles. The van der Waals surface area contributed by atoms with Crippen LogP contribution in [-0.2, 0) is 11.3 Å². The van der Waals surface area contributed by atoms with Gasteiger partial charge in [-0.05, 0) is 43.2 Å². The van der Waals surface area contributed by atoms with Gasteiger partial charge in [0.25, 0.3) is 0 Å². The summed E-state index contributed by atoms with van der Waals surface area (Å²) in [6, 6.07) is 4.83. The maximum absolute atomic E-state index is 5.53. The molecule has 0 aromatic carbocycles. The molecule has 0 radical (unpaired) electrons. The van der Waals surface area contributed by atoms with E-state index in [2.05, 4.69) is 26.9 Å². The molecule has 1 saturated heterocycles. The Hall–Kier alpha value is -0.320. The lowest BCUT2D eigenvalue weighted by molar-refractivity contribution is 0.00424. The van der Waals surface area contributed by atoms with Gasteiger partial charge in [-0.15, -0.1) is 0 Å². The summed E-state index contributed by atoms with van der Waals surface area (Å²) in [5.74, 6) is 1.09. The van der Waals surface area contributed by atoms with Crippen molar-refractivity contribution in [1.82, 2.24) is 4.90 Å². The molecule has 0 amide bonds. The van der Waals surface area contributed by atoms with Gasteiger partial charge >= 0.3 is 0 Å². The summed E-state index contributed by atoms with van der Waals surface area (Å²) in [6.07, 6.45) is 6.79. The highest BCUT2D eigenvalue weighted by atomic mass is 79.9. The standard InChI is InChI=1S/C15H22BrNO2/c16-11-15(5-8-18-9-6-15)12-17(13-3-4-13)10-14-2-1-7-19-14/h1-2,7,13H,3-6,8-12H2. The van der Waals surface area contributed by atoms with Crippen LogP contribution in [0.5, 0.6) is 0 Å². The Labute approximate surface area is 123 Å². The largest absolute Gasteiger partial charge is 0.468 e. The molecular formula is C15H22BrNO2. The monoisotopic (exact) mass is 327 g/mol. The molecular weight excluding hydrogens is 306 g/mol. The lowest BCUT2D eigenvalue weighted by Crippen LogP contribution is -2.43. The molecule has 3 nitrogen and oxygen atoms in total. The van der Waals surface area contributed by atoms with E-state index in [9.17, 15) is 0 Å². The molecule has 0 bridgehead atoms. The van der Waals surface area contributed by atoms with E-state index in [-0.39, 0.29) is 0 Å². The third kappa shape index (κ3) is 3.41. The summed E-state index contributed by atoms with van der Waals surface area (Å²) in [7, 11) is 0. The number of rotatable bonds is 6. The van der Waals surface area contributed by atoms with Crippen LogP contribution in [0.25, 0.3) is 0 Å². The van der Waals surface area contributed by atoms with Crippen molar-refractivity contribution in [2.75, 3.05) is 25.1 Å². The smallest absolute Gasteiger partial charge is 0.117 e. The van der Waals surface area contributed by atoms with Gasteiger partial charge in [0.05, 0.1) is 12.8 Å². The molecule has 1 aliphatic carbocycles. The number of hydrogen-bond acceptors (Lipinski definition) is 3. The van der Waals surface area contributed by atoms with Crippen LogP contribution in [0.2, 0.25) is 0 Å². The molecule has 1 saturated carbocycles. The van der Waals surface area contributed by atoms with Crippen LogP contribution in [0.15, 0.2) is 22.8 Å². The Morgan fingerprint density at radius 2 is 2.11 bits per heavy atom. The van der Waals surface area contributed by atoms with Gasteiger partial charge in [0.2, 0.25) is 0 Å². The number of ether oxygens (including phenoxy) is 1. The zero-order valence-corrected chi connectivity index (χ0v) is 12.9. The number of halogens is 1. The van der Waals surface area contributed by atoms with Crippen LogP contribution in [-0.4, -0.2) is 36.0 Å². The molecule has 0 spiro atoms. The van der Waals surface area contributed by atoms with Crippen molar-refractivity contribution in [3.05, 3.63) is 24.2 Å². The highest BCUT2D eigenvalue weighted by Crippen LogP contribution is 2.38. The summed E-state index contributed by atoms with van der Waals surface area (Å²) >= 11 is 3.74. The molecule has 3 rings (SSSR count). The van der Waals surface area contributed by atoms with E-state index in [1.54, 1.807) is 6.26 Å². The lowest BCUT2D eigenvalue weighted by Gasteiger charge is -2.40. The van der Waals surface area contributed by atoms with Gasteiger partial charge in [-0.25, -0.2) is 0 Å². The lowest BCUT2D eigenvalue weighted by atomic mass is 9.81. The van der Waals surface area contributed by atoms with Crippen LogP contribution in [0, 0.1) is 5.41 Å². The average Bonchev–Trinajstić information content (AvgIpc) is 3.18. The molecule has 1 aliphatic heterocycles. The molecule has 0 unspecified atom stereocenters. The van der Waals surface area contributed by atoms with Crippen molar-refractivity contribution in [2.24, 2.45) is 5.41 Å². The Morgan fingerprint density at radius 3 is 2.68 bits per heavy atom. The van der Waals surface area contributed by atoms with E-state index in [0.29, 0.717) is 5.41 Å². The van der Waals surface area contributed by atoms with Gasteiger partial charge in [-0.2, -0.15) is 0 Å². The maximum atomic E-state index is 5.53. The molecule has 0 atom stereocenters. The summed E-state index contributed by atoms with van der Waals surface area (Å²) in [5, 5.41) is 1.07. The fraction of sp³-hybridized carbons (Fsp3) is 0.733. The van der Waals surface area contributed by atoms with E-state index < -0.39 is 0 Å². The van der Waals surface area contributed by atoms with E-state index >= 15 is 0 Å². The second-order valence-electron chi connectivity index (χ2n) is 5.96. The number of alkyl halides is 1. The molecule has 2 heterocycles. The van der Waals surface area contributed by atoms with Gasteiger partial charge in [-0.3, -0.25) is 4.90 Å². The third-order valence-electron chi connectivity index (χ3n) is 4.38. The highest BCUT2D eigenvalue weighted by molar-refractivity contribution is 9.09. The maximum Gasteiger partial charge on any atom is 0.117 e. The van der Waals surface area contributed by atoms with Crippen LogP contribution >= 0.6 is 15.9 Å². The molecule has 19 heavy (non-hydrogen) atoms. The topological polar surface area (TPSA) is 25.6 Å². The Balaban J connectivity index is 1.66. The fourth-order valence-electron chi connectivity index (χ4n) is 2.93. The number of nitrogens with zero attached hydrogens (tertiary/aromatic N) is 1. The fourth-order valence-corrected chi connectivity index (χ4v) is 3.66. The molecule has 106 valence electrons. The van der Waals surface area contributed by atoms with Crippen LogP contribution in [0.4, 0.5) is 0 Å². The van der Waals surface area contributed by atoms with Crippen molar-refractivity contribution < 1.29 is 9.15 Å². The molecule has 2 aliphatic rings. The first-order valence-corrected chi connectivity index (χ1v) is 8.34. The highest BCUT2D eigenvalue weighted by Gasteiger charge is 2.38. The minimum Gasteiger partial charge on any atom is -0.468 e. The zero-order valence-electron chi connectivity index (χ0n) is 11.3. The van der Waals surface area contributed by atoms with E-state index in [4.69, 9.17) is 9.15 Å². The Bertz CT molecular complexity index is 383. The Kier molecular flexibility index (Phi) is 4.30. The number of hydrogen-bond donors (Lipinski definition) is 0. The minimum absolute atomic E-state index is 0.382. The predicted molar refractivity (Wildman–Crippen MR) is 78.4 cm³/mol. The van der Waals surface area contributed by atoms with Crippen LogP contribution < -0.4 is 0 Å². The average molecular weight is 328 g/mol. The first kappa shape index (κ1) is 13.7. The van der Waals surface area contributed by atoms with Gasteiger partial charge in [-0.1, -0.05) is 15.9 Å². The van der Waals surface area contributed by atoms with Crippen molar-refractivity contribution in [3.8, 4) is 0 Å². The van der Waals surface area contributed by atoms with Crippen LogP contribution in [0.3, 0.4) is 0 Å². The zero-order chi connectivity index (χ0) is 13.1. The predicted octanol–water partition coefficient (Wildman–Crippen LogP) is 3.44. The van der Waals surface area contributed by atoms with Crippen molar-refractivity contribution in [1.29, 1.82) is 0 Å². The third-order valence-corrected chi connectivity index (χ3v) is 5.57. The first-order chi connectivity index (χ1) is 9.31. The molecule has 2 fully saturated rings. The van der Waals surface area contributed by atoms with E-state index in [1.807, 2.05) is 6.07 Å². The van der Waals surface area contributed by atoms with Crippen molar-refractivity contribution in [2.45, 2.75) is 38.3 Å². The number of furan rings is 1. The van der Waals surface area contributed by atoms with E-state index in [1.165, 1.54) is 25.7 Å². The van der Waals surface area contributed by atoms with Gasteiger partial charge in [0.15, 0.2) is 0 Å². The summed E-state index contributed by atoms with van der Waals surface area (Å²) in [6.45, 7) is 3.93. The Morgan fingerprint density at radius 1 is 1.32 bits per heavy atom. The molecule has 0 N–H and O–H groups in total. The first-order valence-electron chi connectivity index (χ1n) is 7.21. The van der Waals surface area contributed by atoms with Crippen molar-refractivity contribution >= 4 is 15.9 Å². The van der Waals surface area contributed by atoms with Crippen LogP contribution in [0.1, 0.15) is 31.4 Å². The van der Waals surface area contributed by atoms with Gasteiger partial charge in [0, 0.05) is 31.1 Å². The normalized spacial score (nSPS) is 22.8. The molecule has 1 aromatic rings. The summed E-state index contributed by atoms with van der Waals surface area (Å²) < 4.78 is 11.1. The second kappa shape index (κ2) is 5.98. The molecule has 4 heteroatoms. The minimum atomic E-state index is 0.382. The SMILES string of the molecule is BrCC1(CN(Cc2ccco2)C2CC2)CCOCC1. The van der Waals surface area contributed by atoms with E-state index in [0.717, 1.165) is 43.4 Å². The van der Waals surface area contributed by atoms with Gasteiger partial charge < -0.3 is 9.15 Å².